The summed E-state index contributed by atoms with van der Waals surface area (Å²) in [7, 11) is 0. The van der Waals surface area contributed by atoms with Crippen molar-refractivity contribution >= 4 is 11.9 Å². The number of halogens is 13. The van der Waals surface area contributed by atoms with Crippen molar-refractivity contribution in [2.75, 3.05) is 13.2 Å². The Labute approximate surface area is 238 Å². The molecule has 1 saturated carbocycles. The zero-order valence-electron chi connectivity index (χ0n) is 23.0. The molecule has 2 rings (SSSR count). The molecule has 0 radical (unpaired) electrons. The van der Waals surface area contributed by atoms with Gasteiger partial charge in [0.1, 0.15) is 0 Å². The van der Waals surface area contributed by atoms with Gasteiger partial charge in [-0.2, -0.15) is 57.1 Å². The van der Waals surface area contributed by atoms with E-state index in [0.717, 1.165) is 25.7 Å². The molecule has 1 fully saturated rings. The van der Waals surface area contributed by atoms with Gasteiger partial charge in [0.2, 0.25) is 0 Å². The fraction of sp³-hybridized carbons (Fsp3) is 0.846. The fourth-order valence-corrected chi connectivity index (χ4v) is 5.04. The predicted octanol–water partition coefficient (Wildman–Crippen LogP) is 8.25. The molecule has 0 aromatic carbocycles. The van der Waals surface area contributed by atoms with Gasteiger partial charge in [0.05, 0.1) is 31.5 Å². The molecule has 0 aromatic rings. The van der Waals surface area contributed by atoms with Crippen LogP contribution in [0.15, 0.2) is 12.2 Å². The third-order valence-corrected chi connectivity index (χ3v) is 7.94. The minimum atomic E-state index is -8.00. The van der Waals surface area contributed by atoms with Gasteiger partial charge in [0.25, 0.3) is 0 Å². The van der Waals surface area contributed by atoms with Crippen LogP contribution in [0.2, 0.25) is 0 Å². The Bertz CT molecular complexity index is 1010. The summed E-state index contributed by atoms with van der Waals surface area (Å²) in [6, 6.07) is 0. The molecule has 0 aliphatic heterocycles. The number of unbranched alkanes of at least 4 members (excludes halogenated alkanes) is 2. The summed E-state index contributed by atoms with van der Waals surface area (Å²) in [6.07, 6.45) is -2.70. The van der Waals surface area contributed by atoms with Gasteiger partial charge in [-0.1, -0.05) is 51.7 Å². The van der Waals surface area contributed by atoms with Crippen molar-refractivity contribution in [3.8, 4) is 0 Å². The maximum atomic E-state index is 14.0. The molecule has 250 valence electrons. The molecule has 5 atom stereocenters. The lowest BCUT2D eigenvalue weighted by Crippen LogP contribution is -2.70. The summed E-state index contributed by atoms with van der Waals surface area (Å²) in [5.41, 5.74) is 0. The average Bonchev–Trinajstić information content (AvgIpc) is 3.51. The van der Waals surface area contributed by atoms with Crippen molar-refractivity contribution in [2.45, 2.75) is 94.6 Å². The molecule has 2 bridgehead atoms. The summed E-state index contributed by atoms with van der Waals surface area (Å²) in [4.78, 5) is 25.3. The van der Waals surface area contributed by atoms with Crippen LogP contribution in [0.4, 0.5) is 57.1 Å². The number of ether oxygens (including phenoxy) is 2. The number of fused-ring (bicyclic) bond motifs is 2. The van der Waals surface area contributed by atoms with Crippen LogP contribution in [0.1, 0.15) is 58.8 Å². The Balaban J connectivity index is 2.02. The molecule has 43 heavy (non-hydrogen) atoms. The monoisotopic (exact) mass is 654 g/mol. The van der Waals surface area contributed by atoms with Crippen LogP contribution >= 0.6 is 0 Å². The number of alkyl halides is 13. The molecule has 0 N–H and O–H groups in total. The molecule has 0 heterocycles. The van der Waals surface area contributed by atoms with Crippen molar-refractivity contribution in [1.82, 2.24) is 0 Å². The second-order valence-corrected chi connectivity index (χ2v) is 10.9. The maximum absolute atomic E-state index is 14.0. The number of allylic oxidation sites excluding steroid dienone is 2. The number of carbonyl (C=O) groups excluding carboxylic acids is 2. The molecule has 0 saturated heterocycles. The standard InChI is InChI=1S/C26H31F13O4/c1-3-14(2)7-5-4-6-11-42-19(40)17-15-8-9-16(13-15)18(17)20(41)43-12-10-21(27,28)22(29,30)23(31,32)24(33,34)25(35,36)26(37,38)39/h8-9,14-18H,3-7,10-13H2,1-2H3. The highest BCUT2D eigenvalue weighted by atomic mass is 19.4. The molecule has 17 heteroatoms. The van der Waals surface area contributed by atoms with Crippen LogP contribution in [0.25, 0.3) is 0 Å². The van der Waals surface area contributed by atoms with Crippen LogP contribution in [-0.4, -0.2) is 60.9 Å². The summed E-state index contributed by atoms with van der Waals surface area (Å²) >= 11 is 0. The molecular formula is C26H31F13O4. The van der Waals surface area contributed by atoms with Crippen molar-refractivity contribution in [1.29, 1.82) is 0 Å². The van der Waals surface area contributed by atoms with Crippen LogP contribution in [-0.2, 0) is 19.1 Å². The van der Waals surface area contributed by atoms with Crippen LogP contribution in [0, 0.1) is 29.6 Å². The summed E-state index contributed by atoms with van der Waals surface area (Å²) in [5, 5.41) is 0. The molecule has 2 aliphatic carbocycles. The molecule has 0 aromatic heterocycles. The van der Waals surface area contributed by atoms with Gasteiger partial charge in [-0.3, -0.25) is 9.59 Å². The Kier molecular flexibility index (Phi) is 11.2. The Hall–Kier alpha value is -2.23. The maximum Gasteiger partial charge on any atom is 0.460 e. The first kappa shape index (κ1) is 37.0. The minimum Gasteiger partial charge on any atom is -0.465 e. The summed E-state index contributed by atoms with van der Waals surface area (Å²) in [5.74, 6) is -43.0. The fourth-order valence-electron chi connectivity index (χ4n) is 5.04. The zero-order valence-corrected chi connectivity index (χ0v) is 23.0. The van der Waals surface area contributed by atoms with Gasteiger partial charge in [0.15, 0.2) is 0 Å². The average molecular weight is 655 g/mol. The highest BCUT2D eigenvalue weighted by Gasteiger charge is 2.90. The lowest BCUT2D eigenvalue weighted by Gasteiger charge is -2.39. The Morgan fingerprint density at radius 1 is 0.698 bits per heavy atom. The summed E-state index contributed by atoms with van der Waals surface area (Å²) in [6.45, 7) is 2.28. The first-order valence-electron chi connectivity index (χ1n) is 13.4. The number of hydrogen-bond donors (Lipinski definition) is 0. The largest absolute Gasteiger partial charge is 0.465 e. The van der Waals surface area contributed by atoms with Crippen LogP contribution in [0.5, 0.6) is 0 Å². The van der Waals surface area contributed by atoms with Gasteiger partial charge >= 0.3 is 47.7 Å². The normalized spacial score (nSPS) is 23.9. The second-order valence-electron chi connectivity index (χ2n) is 10.9. The van der Waals surface area contributed by atoms with E-state index in [-0.39, 0.29) is 13.0 Å². The molecular weight excluding hydrogens is 623 g/mol. The molecule has 0 amide bonds. The quantitative estimate of drug-likeness (QED) is 0.0729. The van der Waals surface area contributed by atoms with E-state index in [1.807, 2.05) is 6.92 Å². The SMILES string of the molecule is CCC(C)CCCCCOC(=O)C1C2C=CC(C2)C1C(=O)OCCC(F)(F)C(F)(F)C(F)(F)C(F)(F)C(F)(F)C(F)(F)F. The Morgan fingerprint density at radius 2 is 1.16 bits per heavy atom. The molecule has 4 nitrogen and oxygen atoms in total. The third-order valence-electron chi connectivity index (χ3n) is 7.94. The number of rotatable bonds is 16. The summed E-state index contributed by atoms with van der Waals surface area (Å²) < 4.78 is 182. The van der Waals surface area contributed by atoms with Gasteiger partial charge in [-0.15, -0.1) is 0 Å². The molecule has 2 aliphatic rings. The predicted molar refractivity (Wildman–Crippen MR) is 123 cm³/mol. The van der Waals surface area contributed by atoms with Crippen molar-refractivity contribution in [2.24, 2.45) is 29.6 Å². The van der Waals surface area contributed by atoms with Gasteiger partial charge in [0, 0.05) is 0 Å². The number of carbonyl (C=O) groups is 2. The highest BCUT2D eigenvalue weighted by molar-refractivity contribution is 5.84. The first-order valence-corrected chi connectivity index (χ1v) is 13.4. The van der Waals surface area contributed by atoms with E-state index in [4.69, 9.17) is 4.74 Å². The minimum absolute atomic E-state index is 0.00619. The van der Waals surface area contributed by atoms with Gasteiger partial charge in [-0.25, -0.2) is 0 Å². The van der Waals surface area contributed by atoms with Gasteiger partial charge < -0.3 is 9.47 Å². The van der Waals surface area contributed by atoms with E-state index in [2.05, 4.69) is 11.7 Å². The van der Waals surface area contributed by atoms with E-state index in [0.29, 0.717) is 12.3 Å². The van der Waals surface area contributed by atoms with Crippen LogP contribution in [0.3, 0.4) is 0 Å². The first-order chi connectivity index (χ1) is 19.5. The van der Waals surface area contributed by atoms with Gasteiger partial charge in [-0.05, 0) is 30.6 Å². The van der Waals surface area contributed by atoms with Crippen molar-refractivity contribution < 1.29 is 76.1 Å². The Morgan fingerprint density at radius 3 is 1.63 bits per heavy atom. The molecule has 5 unspecified atom stereocenters. The third kappa shape index (κ3) is 7.04. The second kappa shape index (κ2) is 13.0. The lowest BCUT2D eigenvalue weighted by atomic mass is 9.83. The van der Waals surface area contributed by atoms with E-state index in [1.54, 1.807) is 6.08 Å². The highest BCUT2D eigenvalue weighted by Crippen LogP contribution is 2.60. The van der Waals surface area contributed by atoms with E-state index < -0.39 is 84.4 Å². The zero-order chi connectivity index (χ0) is 33.2. The van der Waals surface area contributed by atoms with E-state index >= 15 is 0 Å². The number of esters is 2. The number of hydrogen-bond acceptors (Lipinski definition) is 4. The van der Waals surface area contributed by atoms with E-state index in [9.17, 15) is 66.7 Å². The van der Waals surface area contributed by atoms with Crippen molar-refractivity contribution in [3.63, 3.8) is 0 Å². The van der Waals surface area contributed by atoms with Crippen molar-refractivity contribution in [3.05, 3.63) is 12.2 Å². The molecule has 0 spiro atoms. The topological polar surface area (TPSA) is 52.6 Å². The van der Waals surface area contributed by atoms with Crippen LogP contribution < -0.4 is 0 Å². The van der Waals surface area contributed by atoms with E-state index in [1.165, 1.54) is 6.08 Å². The lowest BCUT2D eigenvalue weighted by molar-refractivity contribution is -0.440. The smallest absolute Gasteiger partial charge is 0.460 e.